The zero-order chi connectivity index (χ0) is 12.4. The van der Waals surface area contributed by atoms with E-state index in [9.17, 15) is 4.39 Å². The second-order valence-corrected chi connectivity index (χ2v) is 4.78. The molecular formula is C15H14ClF. The van der Waals surface area contributed by atoms with E-state index in [1.807, 2.05) is 32.0 Å². The minimum atomic E-state index is -0.225. The molecule has 0 heterocycles. The fourth-order valence-corrected chi connectivity index (χ4v) is 2.25. The average molecular weight is 249 g/mol. The summed E-state index contributed by atoms with van der Waals surface area (Å²) in [5.74, 6) is -0.225. The molecule has 0 saturated carbocycles. The SMILES string of the molecule is Cc1cccc(Cc2c(F)cc(C)cc2Cl)c1. The van der Waals surface area contributed by atoms with Crippen molar-refractivity contribution in [1.29, 1.82) is 0 Å². The maximum absolute atomic E-state index is 13.8. The lowest BCUT2D eigenvalue weighted by molar-refractivity contribution is 0.613. The molecule has 0 nitrogen and oxygen atoms in total. The lowest BCUT2D eigenvalue weighted by atomic mass is 10.0. The molecule has 0 saturated heterocycles. The molecule has 2 aromatic carbocycles. The van der Waals surface area contributed by atoms with Gasteiger partial charge in [0.1, 0.15) is 5.82 Å². The van der Waals surface area contributed by atoms with E-state index < -0.39 is 0 Å². The molecule has 0 unspecified atom stereocenters. The third-order valence-electron chi connectivity index (χ3n) is 2.75. The van der Waals surface area contributed by atoms with Gasteiger partial charge in [0.15, 0.2) is 0 Å². The van der Waals surface area contributed by atoms with Gasteiger partial charge in [0.25, 0.3) is 0 Å². The fourth-order valence-electron chi connectivity index (χ4n) is 1.92. The van der Waals surface area contributed by atoms with Crippen LogP contribution in [0.1, 0.15) is 22.3 Å². The summed E-state index contributed by atoms with van der Waals surface area (Å²) in [6.45, 7) is 3.86. The second-order valence-electron chi connectivity index (χ2n) is 4.37. The largest absolute Gasteiger partial charge is 0.207 e. The summed E-state index contributed by atoms with van der Waals surface area (Å²) < 4.78 is 13.8. The van der Waals surface area contributed by atoms with Gasteiger partial charge in [0.05, 0.1) is 0 Å². The van der Waals surface area contributed by atoms with Gasteiger partial charge in [-0.1, -0.05) is 41.4 Å². The predicted octanol–water partition coefficient (Wildman–Crippen LogP) is 4.69. The van der Waals surface area contributed by atoms with Crippen LogP contribution in [0, 0.1) is 19.7 Å². The molecule has 0 atom stereocenters. The molecule has 0 aromatic heterocycles. The quantitative estimate of drug-likeness (QED) is 0.724. The number of hydrogen-bond acceptors (Lipinski definition) is 0. The highest BCUT2D eigenvalue weighted by molar-refractivity contribution is 6.31. The Hall–Kier alpha value is -1.34. The Morgan fingerprint density at radius 1 is 1.06 bits per heavy atom. The van der Waals surface area contributed by atoms with Crippen molar-refractivity contribution >= 4 is 11.6 Å². The average Bonchev–Trinajstić information content (AvgIpc) is 2.23. The molecular weight excluding hydrogens is 235 g/mol. The lowest BCUT2D eigenvalue weighted by Crippen LogP contribution is -1.95. The van der Waals surface area contributed by atoms with E-state index in [0.29, 0.717) is 17.0 Å². The van der Waals surface area contributed by atoms with E-state index in [-0.39, 0.29) is 5.82 Å². The van der Waals surface area contributed by atoms with E-state index in [4.69, 9.17) is 11.6 Å². The van der Waals surface area contributed by atoms with Gasteiger partial charge in [-0.05, 0) is 37.1 Å². The molecule has 0 bridgehead atoms. The Labute approximate surface area is 106 Å². The van der Waals surface area contributed by atoms with Crippen LogP contribution >= 0.6 is 11.6 Å². The van der Waals surface area contributed by atoms with Crippen molar-refractivity contribution in [1.82, 2.24) is 0 Å². The maximum atomic E-state index is 13.8. The smallest absolute Gasteiger partial charge is 0.128 e. The Morgan fingerprint density at radius 3 is 2.47 bits per heavy atom. The van der Waals surface area contributed by atoms with Gasteiger partial charge >= 0.3 is 0 Å². The molecule has 0 aliphatic carbocycles. The maximum Gasteiger partial charge on any atom is 0.128 e. The Bertz CT molecular complexity index is 523. The van der Waals surface area contributed by atoms with E-state index >= 15 is 0 Å². The molecule has 0 fully saturated rings. The highest BCUT2D eigenvalue weighted by Crippen LogP contribution is 2.24. The summed E-state index contributed by atoms with van der Waals surface area (Å²) in [4.78, 5) is 0. The van der Waals surface area contributed by atoms with Crippen molar-refractivity contribution in [3.05, 3.63) is 69.5 Å². The minimum Gasteiger partial charge on any atom is -0.207 e. The molecule has 2 heteroatoms. The molecule has 0 N–H and O–H groups in total. The van der Waals surface area contributed by atoms with E-state index in [0.717, 1.165) is 11.1 Å². The van der Waals surface area contributed by atoms with Crippen LogP contribution < -0.4 is 0 Å². The third kappa shape index (κ3) is 2.86. The molecule has 0 spiro atoms. The predicted molar refractivity (Wildman–Crippen MR) is 70.1 cm³/mol. The second kappa shape index (κ2) is 4.89. The standard InChI is InChI=1S/C15H14ClF/c1-10-4-3-5-12(6-10)9-13-14(16)7-11(2)8-15(13)17/h3-8H,9H2,1-2H3. The Kier molecular flexibility index (Phi) is 3.49. The fraction of sp³-hybridized carbons (Fsp3) is 0.200. The summed E-state index contributed by atoms with van der Waals surface area (Å²) in [5, 5.41) is 0.504. The van der Waals surface area contributed by atoms with Crippen LogP contribution in [0.2, 0.25) is 5.02 Å². The van der Waals surface area contributed by atoms with Crippen LogP contribution in [0.25, 0.3) is 0 Å². The van der Waals surface area contributed by atoms with Crippen LogP contribution in [0.3, 0.4) is 0 Å². The monoisotopic (exact) mass is 248 g/mol. The molecule has 0 amide bonds. The molecule has 2 rings (SSSR count). The van der Waals surface area contributed by atoms with Crippen molar-refractivity contribution in [2.24, 2.45) is 0 Å². The number of benzene rings is 2. The van der Waals surface area contributed by atoms with Crippen LogP contribution in [-0.2, 0) is 6.42 Å². The first-order valence-corrected chi connectivity index (χ1v) is 5.94. The first-order chi connectivity index (χ1) is 8.06. The molecule has 0 aliphatic heterocycles. The number of halogens is 2. The molecule has 2 aromatic rings. The first kappa shape index (κ1) is 12.1. The highest BCUT2D eigenvalue weighted by Gasteiger charge is 2.09. The van der Waals surface area contributed by atoms with E-state index in [1.165, 1.54) is 11.6 Å². The van der Waals surface area contributed by atoms with Gasteiger partial charge in [0, 0.05) is 17.0 Å². The molecule has 0 aliphatic rings. The van der Waals surface area contributed by atoms with E-state index in [2.05, 4.69) is 6.07 Å². The Morgan fingerprint density at radius 2 is 1.82 bits per heavy atom. The van der Waals surface area contributed by atoms with Crippen molar-refractivity contribution in [3.63, 3.8) is 0 Å². The summed E-state index contributed by atoms with van der Waals surface area (Å²) in [6, 6.07) is 11.4. The lowest BCUT2D eigenvalue weighted by Gasteiger charge is -2.08. The van der Waals surface area contributed by atoms with Crippen molar-refractivity contribution in [2.75, 3.05) is 0 Å². The summed E-state index contributed by atoms with van der Waals surface area (Å²) in [6.07, 6.45) is 0.534. The number of aryl methyl sites for hydroxylation is 2. The summed E-state index contributed by atoms with van der Waals surface area (Å²) in [5.41, 5.74) is 3.67. The summed E-state index contributed by atoms with van der Waals surface area (Å²) in [7, 11) is 0. The van der Waals surface area contributed by atoms with Crippen molar-refractivity contribution in [3.8, 4) is 0 Å². The van der Waals surface area contributed by atoms with Gasteiger partial charge in [-0.3, -0.25) is 0 Å². The molecule has 88 valence electrons. The number of rotatable bonds is 2. The molecule has 0 radical (unpaired) electrons. The highest BCUT2D eigenvalue weighted by atomic mass is 35.5. The Balaban J connectivity index is 2.36. The van der Waals surface area contributed by atoms with Crippen LogP contribution in [0.5, 0.6) is 0 Å². The zero-order valence-electron chi connectivity index (χ0n) is 9.93. The zero-order valence-corrected chi connectivity index (χ0v) is 10.7. The van der Waals surface area contributed by atoms with E-state index in [1.54, 1.807) is 6.07 Å². The summed E-state index contributed by atoms with van der Waals surface area (Å²) >= 11 is 6.08. The van der Waals surface area contributed by atoms with Gasteiger partial charge in [0.2, 0.25) is 0 Å². The van der Waals surface area contributed by atoms with Crippen molar-refractivity contribution in [2.45, 2.75) is 20.3 Å². The van der Waals surface area contributed by atoms with Gasteiger partial charge in [-0.15, -0.1) is 0 Å². The van der Waals surface area contributed by atoms with Crippen LogP contribution in [0.15, 0.2) is 36.4 Å². The third-order valence-corrected chi connectivity index (χ3v) is 3.09. The van der Waals surface area contributed by atoms with Gasteiger partial charge in [-0.2, -0.15) is 0 Å². The minimum absolute atomic E-state index is 0.225. The van der Waals surface area contributed by atoms with Crippen LogP contribution in [-0.4, -0.2) is 0 Å². The number of hydrogen-bond donors (Lipinski definition) is 0. The molecule has 17 heavy (non-hydrogen) atoms. The topological polar surface area (TPSA) is 0 Å². The van der Waals surface area contributed by atoms with Gasteiger partial charge in [-0.25, -0.2) is 4.39 Å². The first-order valence-electron chi connectivity index (χ1n) is 5.56. The normalized spacial score (nSPS) is 10.6. The van der Waals surface area contributed by atoms with Gasteiger partial charge < -0.3 is 0 Å². The van der Waals surface area contributed by atoms with Crippen LogP contribution in [0.4, 0.5) is 4.39 Å². The van der Waals surface area contributed by atoms with Crippen molar-refractivity contribution < 1.29 is 4.39 Å².